The van der Waals surface area contributed by atoms with E-state index < -0.39 is 0 Å². The molecule has 1 fully saturated rings. The molecule has 0 amide bonds. The van der Waals surface area contributed by atoms with E-state index >= 15 is 0 Å². The molecule has 1 aliphatic carbocycles. The van der Waals surface area contributed by atoms with E-state index in [2.05, 4.69) is 11.9 Å². The first-order chi connectivity index (χ1) is 7.31. The van der Waals surface area contributed by atoms with Crippen LogP contribution in [0.25, 0.3) is 0 Å². The van der Waals surface area contributed by atoms with Crippen molar-refractivity contribution in [2.75, 3.05) is 0 Å². The minimum absolute atomic E-state index is 0.145. The first-order valence-corrected chi connectivity index (χ1v) is 5.74. The molecule has 0 aromatic carbocycles. The van der Waals surface area contributed by atoms with Crippen LogP contribution >= 0.6 is 0 Å². The predicted octanol–water partition coefficient (Wildman–Crippen LogP) is 1.55. The van der Waals surface area contributed by atoms with Crippen molar-refractivity contribution in [1.29, 1.82) is 0 Å². The molecule has 1 aliphatic rings. The molecule has 4 heteroatoms. The van der Waals surface area contributed by atoms with Crippen LogP contribution in [0.4, 0.5) is 0 Å². The molecular weight excluding hydrogens is 190 g/mol. The minimum Gasteiger partial charge on any atom is -0.460 e. The Kier molecular flexibility index (Phi) is 3.26. The third-order valence-corrected chi connectivity index (χ3v) is 3.03. The summed E-state index contributed by atoms with van der Waals surface area (Å²) in [6.45, 7) is 2.96. The summed E-state index contributed by atoms with van der Waals surface area (Å²) in [7, 11) is 0. The summed E-state index contributed by atoms with van der Waals surface area (Å²) in [5, 5.41) is 0. The van der Waals surface area contributed by atoms with Gasteiger partial charge < -0.3 is 15.0 Å². The van der Waals surface area contributed by atoms with E-state index in [-0.39, 0.29) is 12.1 Å². The second-order valence-electron chi connectivity index (χ2n) is 4.10. The Morgan fingerprint density at radius 3 is 3.07 bits per heavy atom. The molecule has 2 rings (SSSR count). The fourth-order valence-electron chi connectivity index (χ4n) is 2.06. The first kappa shape index (κ1) is 10.5. The van der Waals surface area contributed by atoms with Crippen LogP contribution < -0.4 is 10.5 Å². The summed E-state index contributed by atoms with van der Waals surface area (Å²) in [4.78, 5) is 4.20. The average Bonchev–Trinajstić information content (AvgIpc) is 2.69. The van der Waals surface area contributed by atoms with Gasteiger partial charge in [0, 0.05) is 25.0 Å². The molecule has 0 aliphatic heterocycles. The maximum Gasteiger partial charge on any atom is 0.296 e. The summed E-state index contributed by atoms with van der Waals surface area (Å²) < 4.78 is 7.86. The van der Waals surface area contributed by atoms with Crippen LogP contribution in [0.5, 0.6) is 6.01 Å². The number of aromatic nitrogens is 2. The fraction of sp³-hybridized carbons (Fsp3) is 0.727. The quantitative estimate of drug-likeness (QED) is 0.821. The molecule has 0 saturated heterocycles. The maximum atomic E-state index is 6.03. The van der Waals surface area contributed by atoms with Gasteiger partial charge in [0.1, 0.15) is 6.10 Å². The lowest BCUT2D eigenvalue weighted by Crippen LogP contribution is -2.41. The Labute approximate surface area is 90.4 Å². The van der Waals surface area contributed by atoms with Gasteiger partial charge >= 0.3 is 0 Å². The second kappa shape index (κ2) is 4.66. The molecule has 84 valence electrons. The molecule has 15 heavy (non-hydrogen) atoms. The zero-order valence-corrected chi connectivity index (χ0v) is 9.22. The van der Waals surface area contributed by atoms with Gasteiger partial charge in [-0.05, 0) is 26.2 Å². The van der Waals surface area contributed by atoms with Crippen molar-refractivity contribution >= 4 is 0 Å². The van der Waals surface area contributed by atoms with E-state index in [0.29, 0.717) is 6.01 Å². The van der Waals surface area contributed by atoms with Gasteiger partial charge in [0.15, 0.2) is 0 Å². The van der Waals surface area contributed by atoms with E-state index in [9.17, 15) is 0 Å². The molecule has 1 heterocycles. The van der Waals surface area contributed by atoms with Crippen LogP contribution in [-0.4, -0.2) is 21.7 Å². The molecule has 2 N–H and O–H groups in total. The molecule has 0 spiro atoms. The van der Waals surface area contributed by atoms with E-state index in [0.717, 1.165) is 19.4 Å². The molecular formula is C11H19N3O. The van der Waals surface area contributed by atoms with Crippen LogP contribution in [0.3, 0.4) is 0 Å². The van der Waals surface area contributed by atoms with Crippen molar-refractivity contribution in [3.63, 3.8) is 0 Å². The van der Waals surface area contributed by atoms with E-state index in [1.54, 1.807) is 6.20 Å². The van der Waals surface area contributed by atoms with Crippen molar-refractivity contribution in [3.8, 4) is 6.01 Å². The predicted molar refractivity (Wildman–Crippen MR) is 58.8 cm³/mol. The highest BCUT2D eigenvalue weighted by atomic mass is 16.5. The highest BCUT2D eigenvalue weighted by molar-refractivity contribution is 5.00. The number of ether oxygens (including phenoxy) is 1. The third-order valence-electron chi connectivity index (χ3n) is 3.03. The fourth-order valence-corrected chi connectivity index (χ4v) is 2.06. The Morgan fingerprint density at radius 1 is 1.53 bits per heavy atom. The molecule has 4 nitrogen and oxygen atoms in total. The van der Waals surface area contributed by atoms with Crippen molar-refractivity contribution in [2.45, 2.75) is 51.3 Å². The number of nitrogens with two attached hydrogens (primary N) is 1. The number of nitrogens with zero attached hydrogens (tertiary/aromatic N) is 2. The van der Waals surface area contributed by atoms with Gasteiger partial charge in [-0.2, -0.15) is 0 Å². The average molecular weight is 209 g/mol. The number of rotatable bonds is 3. The number of imidazole rings is 1. The van der Waals surface area contributed by atoms with Crippen molar-refractivity contribution < 1.29 is 4.74 Å². The molecule has 0 radical (unpaired) electrons. The van der Waals surface area contributed by atoms with Gasteiger partial charge in [0.25, 0.3) is 6.01 Å². The Hall–Kier alpha value is -1.03. The monoisotopic (exact) mass is 209 g/mol. The highest BCUT2D eigenvalue weighted by Crippen LogP contribution is 2.21. The second-order valence-corrected chi connectivity index (χ2v) is 4.10. The zero-order chi connectivity index (χ0) is 10.7. The van der Waals surface area contributed by atoms with Crippen LogP contribution in [-0.2, 0) is 6.54 Å². The lowest BCUT2D eigenvalue weighted by Gasteiger charge is -2.28. The summed E-state index contributed by atoms with van der Waals surface area (Å²) in [5.41, 5.74) is 6.03. The standard InChI is InChI=1S/C11H19N3O/c1-2-14-8-7-13-11(14)15-10-6-4-3-5-9(10)12/h7-10H,2-6,12H2,1H3. The molecule has 1 aromatic heterocycles. The van der Waals surface area contributed by atoms with Gasteiger partial charge in [-0.3, -0.25) is 0 Å². The van der Waals surface area contributed by atoms with E-state index in [1.807, 2.05) is 10.8 Å². The van der Waals surface area contributed by atoms with Crippen molar-refractivity contribution in [3.05, 3.63) is 12.4 Å². The Balaban J connectivity index is 2.01. The largest absolute Gasteiger partial charge is 0.460 e. The molecule has 2 unspecified atom stereocenters. The molecule has 1 saturated carbocycles. The van der Waals surface area contributed by atoms with Crippen LogP contribution in [0.15, 0.2) is 12.4 Å². The topological polar surface area (TPSA) is 53.1 Å². The highest BCUT2D eigenvalue weighted by Gasteiger charge is 2.24. The lowest BCUT2D eigenvalue weighted by molar-refractivity contribution is 0.116. The minimum atomic E-state index is 0.145. The lowest BCUT2D eigenvalue weighted by atomic mass is 9.93. The van der Waals surface area contributed by atoms with Gasteiger partial charge in [0.2, 0.25) is 0 Å². The zero-order valence-electron chi connectivity index (χ0n) is 9.22. The third kappa shape index (κ3) is 2.31. The summed E-state index contributed by atoms with van der Waals surface area (Å²) >= 11 is 0. The van der Waals surface area contributed by atoms with Gasteiger partial charge in [0.05, 0.1) is 0 Å². The first-order valence-electron chi connectivity index (χ1n) is 5.74. The Bertz CT molecular complexity index is 311. The van der Waals surface area contributed by atoms with Crippen LogP contribution in [0, 0.1) is 0 Å². The van der Waals surface area contributed by atoms with E-state index in [1.165, 1.54) is 12.8 Å². The van der Waals surface area contributed by atoms with Gasteiger partial charge in [-0.15, -0.1) is 0 Å². The van der Waals surface area contributed by atoms with Gasteiger partial charge in [-0.1, -0.05) is 6.42 Å². The maximum absolute atomic E-state index is 6.03. The summed E-state index contributed by atoms with van der Waals surface area (Å²) in [6, 6.07) is 0.876. The van der Waals surface area contributed by atoms with Gasteiger partial charge in [-0.25, -0.2) is 4.98 Å². The Morgan fingerprint density at radius 2 is 2.33 bits per heavy atom. The number of hydrogen-bond acceptors (Lipinski definition) is 3. The molecule has 2 atom stereocenters. The van der Waals surface area contributed by atoms with Crippen LogP contribution in [0.2, 0.25) is 0 Å². The SMILES string of the molecule is CCn1ccnc1OC1CCCCC1N. The van der Waals surface area contributed by atoms with E-state index in [4.69, 9.17) is 10.5 Å². The smallest absolute Gasteiger partial charge is 0.296 e. The molecule has 0 bridgehead atoms. The van der Waals surface area contributed by atoms with Crippen molar-refractivity contribution in [2.24, 2.45) is 5.73 Å². The number of aryl methyl sites for hydroxylation is 1. The summed E-state index contributed by atoms with van der Waals surface area (Å²) in [5.74, 6) is 0. The summed E-state index contributed by atoms with van der Waals surface area (Å²) in [6.07, 6.45) is 8.41. The number of hydrogen-bond donors (Lipinski definition) is 1. The van der Waals surface area contributed by atoms with Crippen LogP contribution in [0.1, 0.15) is 32.6 Å². The van der Waals surface area contributed by atoms with Crippen molar-refractivity contribution in [1.82, 2.24) is 9.55 Å². The normalized spacial score (nSPS) is 26.5. The molecule has 1 aromatic rings.